The molecule has 1 heterocycles. The van der Waals surface area contributed by atoms with Crippen molar-refractivity contribution < 1.29 is 31.1 Å². The molecule has 36 heavy (non-hydrogen) atoms. The van der Waals surface area contributed by atoms with Crippen LogP contribution < -0.4 is 11.1 Å². The number of carbonyl (C=O) groups is 1. The van der Waals surface area contributed by atoms with Gasteiger partial charge in [-0.3, -0.25) is 4.79 Å². The topological polar surface area (TPSA) is 61.6 Å². The van der Waals surface area contributed by atoms with Crippen molar-refractivity contribution in [2.75, 3.05) is 33.2 Å². The summed E-state index contributed by atoms with van der Waals surface area (Å²) < 4.78 is 80.6. The molecule has 3 rings (SSSR count). The second-order valence-corrected chi connectivity index (χ2v) is 8.76. The van der Waals surface area contributed by atoms with E-state index in [1.54, 1.807) is 19.2 Å². The van der Waals surface area contributed by atoms with Gasteiger partial charge in [-0.25, -0.2) is 13.2 Å². The van der Waals surface area contributed by atoms with Gasteiger partial charge >= 0.3 is 6.18 Å². The van der Waals surface area contributed by atoms with Gasteiger partial charge in [0.1, 0.15) is 12.4 Å². The van der Waals surface area contributed by atoms with Gasteiger partial charge in [0.05, 0.1) is 17.9 Å². The molecule has 1 unspecified atom stereocenters. The van der Waals surface area contributed by atoms with Crippen LogP contribution in [-0.2, 0) is 11.2 Å². The fraction of sp³-hybridized carbons (Fsp3) is 0.400. The van der Waals surface area contributed by atoms with Crippen LogP contribution in [0.1, 0.15) is 23.1 Å². The van der Waals surface area contributed by atoms with Crippen LogP contribution in [0.4, 0.5) is 26.3 Å². The lowest BCUT2D eigenvalue weighted by molar-refractivity contribution is -0.146. The highest BCUT2D eigenvalue weighted by molar-refractivity contribution is 5.78. The molecule has 0 aliphatic carbocycles. The summed E-state index contributed by atoms with van der Waals surface area (Å²) in [6, 6.07) is 7.43. The molecule has 0 bridgehead atoms. The lowest BCUT2D eigenvalue weighted by Crippen LogP contribution is -2.51. The third-order valence-corrected chi connectivity index (χ3v) is 6.05. The van der Waals surface area contributed by atoms with Crippen LogP contribution in [0.25, 0.3) is 5.70 Å². The normalized spacial score (nSPS) is 16.7. The summed E-state index contributed by atoms with van der Waals surface area (Å²) in [5.74, 6) is -3.96. The van der Waals surface area contributed by atoms with Crippen molar-refractivity contribution in [2.24, 2.45) is 5.73 Å². The van der Waals surface area contributed by atoms with Crippen LogP contribution in [0.3, 0.4) is 0 Å². The Hall–Kier alpha value is -3.21. The molecule has 1 aliphatic rings. The summed E-state index contributed by atoms with van der Waals surface area (Å²) in [6.45, 7) is 0.561. The van der Waals surface area contributed by atoms with Crippen molar-refractivity contribution in [3.05, 3.63) is 76.2 Å². The number of rotatable bonds is 7. The van der Waals surface area contributed by atoms with E-state index in [0.717, 1.165) is 5.56 Å². The maximum absolute atomic E-state index is 14.0. The minimum Gasteiger partial charge on any atom is -0.386 e. The van der Waals surface area contributed by atoms with Crippen LogP contribution in [0.15, 0.2) is 42.1 Å². The number of hydrogen-bond donors (Lipinski definition) is 2. The van der Waals surface area contributed by atoms with Crippen molar-refractivity contribution >= 4 is 11.6 Å². The van der Waals surface area contributed by atoms with Gasteiger partial charge in [-0.2, -0.15) is 13.2 Å². The van der Waals surface area contributed by atoms with Gasteiger partial charge < -0.3 is 20.9 Å². The van der Waals surface area contributed by atoms with Crippen LogP contribution in [-0.4, -0.2) is 61.2 Å². The maximum Gasteiger partial charge on any atom is 0.405 e. The van der Waals surface area contributed by atoms with Crippen molar-refractivity contribution in [1.82, 2.24) is 15.1 Å². The van der Waals surface area contributed by atoms with Gasteiger partial charge in [0, 0.05) is 44.2 Å². The largest absolute Gasteiger partial charge is 0.405 e. The molecule has 11 heteroatoms. The molecule has 3 N–H and O–H groups in total. The molecule has 1 aliphatic heterocycles. The number of hydrogen-bond acceptors (Lipinski definition) is 4. The molecule has 0 spiro atoms. The van der Waals surface area contributed by atoms with E-state index in [2.05, 4.69) is 5.32 Å². The molecule has 1 atom stereocenters. The van der Waals surface area contributed by atoms with E-state index in [1.807, 2.05) is 19.1 Å². The standard InChI is InChI=1S/C25H28F6N4O/c1-15-5-3-4-6-18(15)24(33-2)22-13-34(7-8-35(22)14-25(29,30)31)23(36)11-17(32)9-16-10-20(27)21(28)12-19(16)26/h3-6,10,12,17,33H,7-9,11,13-14,32H2,1-2H3/b24-22-. The number of alkyl halides is 3. The fourth-order valence-electron chi connectivity index (χ4n) is 4.29. The molecule has 196 valence electrons. The van der Waals surface area contributed by atoms with Crippen LogP contribution in [0, 0.1) is 24.4 Å². The second-order valence-electron chi connectivity index (χ2n) is 8.76. The number of carbonyl (C=O) groups excluding carboxylic acids is 1. The fourth-order valence-corrected chi connectivity index (χ4v) is 4.29. The Morgan fingerprint density at radius 2 is 1.75 bits per heavy atom. The number of nitrogens with one attached hydrogen (secondary N) is 1. The average Bonchev–Trinajstić information content (AvgIpc) is 2.79. The number of aryl methyl sites for hydroxylation is 1. The smallest absolute Gasteiger partial charge is 0.386 e. The Bertz CT molecular complexity index is 1130. The van der Waals surface area contributed by atoms with E-state index < -0.39 is 42.1 Å². The van der Waals surface area contributed by atoms with Gasteiger partial charge in [0.2, 0.25) is 5.91 Å². The Morgan fingerprint density at radius 1 is 1.08 bits per heavy atom. The van der Waals surface area contributed by atoms with Crippen molar-refractivity contribution in [3.63, 3.8) is 0 Å². The molecule has 1 amide bonds. The molecule has 1 saturated heterocycles. The monoisotopic (exact) mass is 514 g/mol. The molecular weight excluding hydrogens is 486 g/mol. The molecule has 0 aromatic heterocycles. The highest BCUT2D eigenvalue weighted by Crippen LogP contribution is 2.28. The second kappa shape index (κ2) is 11.2. The average molecular weight is 515 g/mol. The van der Waals surface area contributed by atoms with Gasteiger partial charge in [0.15, 0.2) is 11.6 Å². The van der Waals surface area contributed by atoms with Crippen molar-refractivity contribution in [2.45, 2.75) is 32.0 Å². The maximum atomic E-state index is 14.0. The predicted octanol–water partition coefficient (Wildman–Crippen LogP) is 3.97. The predicted molar refractivity (Wildman–Crippen MR) is 124 cm³/mol. The van der Waals surface area contributed by atoms with E-state index in [-0.39, 0.29) is 38.0 Å². The Balaban J connectivity index is 1.82. The summed E-state index contributed by atoms with van der Waals surface area (Å²) in [6.07, 6.45) is -4.90. The first-order chi connectivity index (χ1) is 16.9. The van der Waals surface area contributed by atoms with Crippen molar-refractivity contribution in [1.29, 1.82) is 0 Å². The quantitative estimate of drug-likeness (QED) is 0.434. The Kier molecular flexibility index (Phi) is 8.55. The van der Waals surface area contributed by atoms with Crippen LogP contribution >= 0.6 is 0 Å². The van der Waals surface area contributed by atoms with Gasteiger partial charge in [0.25, 0.3) is 0 Å². The lowest BCUT2D eigenvalue weighted by Gasteiger charge is -2.40. The minimum atomic E-state index is -4.45. The molecule has 0 saturated carbocycles. The summed E-state index contributed by atoms with van der Waals surface area (Å²) in [7, 11) is 1.60. The first-order valence-electron chi connectivity index (χ1n) is 11.3. The first kappa shape index (κ1) is 27.4. The molecule has 2 aromatic carbocycles. The lowest BCUT2D eigenvalue weighted by atomic mass is 10.0. The van der Waals surface area contributed by atoms with E-state index in [4.69, 9.17) is 5.73 Å². The van der Waals surface area contributed by atoms with E-state index in [0.29, 0.717) is 29.1 Å². The van der Waals surface area contributed by atoms with E-state index in [9.17, 15) is 31.1 Å². The highest BCUT2D eigenvalue weighted by atomic mass is 19.4. The molecular formula is C25H28F6N4O. The zero-order valence-corrected chi connectivity index (χ0v) is 19.9. The van der Waals surface area contributed by atoms with Crippen molar-refractivity contribution in [3.8, 4) is 0 Å². The Morgan fingerprint density at radius 3 is 2.39 bits per heavy atom. The number of nitrogens with two attached hydrogens (primary N) is 1. The number of amides is 1. The summed E-state index contributed by atoms with van der Waals surface area (Å²) >= 11 is 0. The zero-order chi connectivity index (χ0) is 26.6. The number of piperazine rings is 1. The van der Waals surface area contributed by atoms with Gasteiger partial charge in [-0.15, -0.1) is 0 Å². The summed E-state index contributed by atoms with van der Waals surface area (Å²) in [5, 5.41) is 2.99. The molecule has 5 nitrogen and oxygen atoms in total. The molecule has 1 fully saturated rings. The number of nitrogens with zero attached hydrogens (tertiary/aromatic N) is 2. The van der Waals surface area contributed by atoms with Gasteiger partial charge in [-0.05, 0) is 30.5 Å². The van der Waals surface area contributed by atoms with E-state index >= 15 is 0 Å². The number of halogens is 6. The molecule has 0 radical (unpaired) electrons. The third-order valence-electron chi connectivity index (χ3n) is 6.05. The van der Waals surface area contributed by atoms with Crippen LogP contribution in [0.5, 0.6) is 0 Å². The summed E-state index contributed by atoms with van der Waals surface area (Å²) in [4.78, 5) is 15.6. The number of benzene rings is 2. The van der Waals surface area contributed by atoms with Gasteiger partial charge in [-0.1, -0.05) is 24.3 Å². The SMILES string of the molecule is CN/C(=C1/CN(C(=O)CC(N)Cc2cc(F)c(F)cc2F)CCN1CC(F)(F)F)c1ccccc1C. The highest BCUT2D eigenvalue weighted by Gasteiger charge is 2.36. The zero-order valence-electron chi connectivity index (χ0n) is 19.9. The minimum absolute atomic E-state index is 0.0371. The van der Waals surface area contributed by atoms with E-state index in [1.165, 1.54) is 9.80 Å². The third kappa shape index (κ3) is 6.71. The van der Waals surface area contributed by atoms with Crippen LogP contribution in [0.2, 0.25) is 0 Å². The molecule has 2 aromatic rings. The Labute approximate surface area is 205 Å². The first-order valence-corrected chi connectivity index (χ1v) is 11.3. The summed E-state index contributed by atoms with van der Waals surface area (Å²) in [5.41, 5.74) is 8.18.